The molecule has 0 radical (unpaired) electrons. The molecule has 4 aliphatic rings. The van der Waals surface area contributed by atoms with Crippen molar-refractivity contribution in [2.75, 3.05) is 13.1 Å². The minimum atomic E-state index is -0.564. The van der Waals surface area contributed by atoms with Crippen molar-refractivity contribution >= 4 is 5.91 Å². The highest BCUT2D eigenvalue weighted by molar-refractivity contribution is 6.01. The van der Waals surface area contributed by atoms with Gasteiger partial charge in [-0.1, -0.05) is 55.5 Å². The average molecular weight is 502 g/mol. The maximum atomic E-state index is 14.2. The number of aromatic nitrogens is 1. The molecule has 6 heteroatoms. The summed E-state index contributed by atoms with van der Waals surface area (Å²) >= 11 is 0. The first-order chi connectivity index (χ1) is 18.7. The Hall–Kier alpha value is -4.06. The van der Waals surface area contributed by atoms with Gasteiger partial charge in [-0.15, -0.1) is 5.11 Å². The number of azo groups is 1. The Morgan fingerprint density at radius 3 is 2.76 bits per heavy atom. The second-order valence-corrected chi connectivity index (χ2v) is 10.7. The van der Waals surface area contributed by atoms with Gasteiger partial charge in [-0.25, -0.2) is 0 Å². The Morgan fingerprint density at radius 2 is 1.89 bits per heavy atom. The van der Waals surface area contributed by atoms with Crippen molar-refractivity contribution < 1.29 is 4.79 Å². The smallest absolute Gasteiger partial charge is 0.253 e. The summed E-state index contributed by atoms with van der Waals surface area (Å²) in [5, 5.41) is 12.4. The highest BCUT2D eigenvalue weighted by Gasteiger charge is 2.52. The van der Waals surface area contributed by atoms with Gasteiger partial charge in [0, 0.05) is 29.7 Å². The van der Waals surface area contributed by atoms with Crippen LogP contribution in [-0.2, 0) is 29.6 Å². The summed E-state index contributed by atoms with van der Waals surface area (Å²) in [4.78, 5) is 20.8. The fourth-order valence-corrected chi connectivity index (χ4v) is 6.91. The minimum absolute atomic E-state index is 0.100. The molecule has 3 aromatic rings. The molecular weight excluding hydrogens is 470 g/mol. The molecule has 0 bridgehead atoms. The molecule has 3 aliphatic heterocycles. The van der Waals surface area contributed by atoms with Crippen LogP contribution in [0.15, 0.2) is 99.8 Å². The van der Waals surface area contributed by atoms with Crippen LogP contribution in [0.5, 0.6) is 0 Å². The summed E-state index contributed by atoms with van der Waals surface area (Å²) in [5.74, 6) is 0.912. The predicted molar refractivity (Wildman–Crippen MR) is 147 cm³/mol. The summed E-state index contributed by atoms with van der Waals surface area (Å²) in [6.07, 6.45) is 7.25. The molecule has 0 fully saturated rings. The number of benzene rings is 2. The van der Waals surface area contributed by atoms with Crippen molar-refractivity contribution in [3.63, 3.8) is 0 Å². The summed E-state index contributed by atoms with van der Waals surface area (Å²) in [5.41, 5.74) is 9.69. The zero-order valence-electron chi connectivity index (χ0n) is 21.7. The van der Waals surface area contributed by atoms with E-state index in [1.807, 2.05) is 29.3 Å². The number of carbonyl (C=O) groups excluding carboxylic acids is 1. The van der Waals surface area contributed by atoms with Crippen LogP contribution < -0.4 is 5.32 Å². The van der Waals surface area contributed by atoms with Crippen LogP contribution in [0.25, 0.3) is 11.1 Å². The molecule has 0 saturated carbocycles. The lowest BCUT2D eigenvalue weighted by Gasteiger charge is -2.39. The zero-order chi connectivity index (χ0) is 25.7. The van der Waals surface area contributed by atoms with Crippen LogP contribution in [0.4, 0.5) is 0 Å². The van der Waals surface area contributed by atoms with Crippen LogP contribution in [-0.4, -0.2) is 28.9 Å². The van der Waals surface area contributed by atoms with Gasteiger partial charge in [-0.3, -0.25) is 9.78 Å². The summed E-state index contributed by atoms with van der Waals surface area (Å²) < 4.78 is 0. The van der Waals surface area contributed by atoms with Crippen LogP contribution in [0.1, 0.15) is 48.6 Å². The number of pyridine rings is 1. The lowest BCUT2D eigenvalue weighted by molar-refractivity contribution is -0.126. The Bertz CT molecular complexity index is 1540. The van der Waals surface area contributed by atoms with Gasteiger partial charge >= 0.3 is 0 Å². The summed E-state index contributed by atoms with van der Waals surface area (Å²) in [6, 6.07) is 21.2. The van der Waals surface area contributed by atoms with Crippen molar-refractivity contribution in [3.05, 3.63) is 112 Å². The molecular formula is C32H31N5O. The molecule has 1 aromatic heterocycles. The quantitative estimate of drug-likeness (QED) is 0.477. The normalized spacial score (nSPS) is 21.9. The average Bonchev–Trinajstić information content (AvgIpc) is 3.57. The van der Waals surface area contributed by atoms with Gasteiger partial charge in [0.05, 0.1) is 24.1 Å². The molecule has 0 saturated heterocycles. The van der Waals surface area contributed by atoms with E-state index in [2.05, 4.69) is 69.9 Å². The largest absolute Gasteiger partial charge is 0.340 e. The number of rotatable bonds is 5. The van der Waals surface area contributed by atoms with Crippen molar-refractivity contribution in [2.45, 2.75) is 51.0 Å². The number of dihydropyridines is 1. The van der Waals surface area contributed by atoms with Crippen LogP contribution in [0, 0.1) is 0 Å². The summed E-state index contributed by atoms with van der Waals surface area (Å²) in [7, 11) is 0. The van der Waals surface area contributed by atoms with Crippen LogP contribution in [0.2, 0.25) is 0 Å². The first-order valence-corrected chi connectivity index (χ1v) is 13.7. The van der Waals surface area contributed by atoms with Crippen molar-refractivity contribution in [1.29, 1.82) is 0 Å². The second kappa shape index (κ2) is 9.05. The van der Waals surface area contributed by atoms with E-state index in [4.69, 9.17) is 0 Å². The number of carbonyl (C=O) groups is 1. The molecule has 38 heavy (non-hydrogen) atoms. The highest BCUT2D eigenvalue weighted by Crippen LogP contribution is 2.51. The lowest BCUT2D eigenvalue weighted by atomic mass is 9.64. The SMILES string of the molecule is CC[C@@]1(c2cccc(-c3ccnc4c3CCCC4)c2)C2=C(N=NC2)NC2=C1C(=O)N(Cc1ccccc1)C2. The molecule has 2 aromatic carbocycles. The number of nitrogens with one attached hydrogen (secondary N) is 1. The third kappa shape index (κ3) is 3.46. The van der Waals surface area contributed by atoms with Crippen LogP contribution in [0.3, 0.4) is 0 Å². The van der Waals surface area contributed by atoms with E-state index >= 15 is 0 Å². The Balaban J connectivity index is 1.34. The van der Waals surface area contributed by atoms with Gasteiger partial charge in [-0.05, 0) is 72.1 Å². The maximum absolute atomic E-state index is 14.2. The molecule has 1 atom stereocenters. The van der Waals surface area contributed by atoms with Gasteiger partial charge in [0.25, 0.3) is 5.91 Å². The number of hydrogen-bond acceptors (Lipinski definition) is 5. The molecule has 7 rings (SSSR count). The Morgan fingerprint density at radius 1 is 1.03 bits per heavy atom. The van der Waals surface area contributed by atoms with Gasteiger partial charge < -0.3 is 10.2 Å². The molecule has 1 aliphatic carbocycles. The topological polar surface area (TPSA) is 70.0 Å². The molecule has 1 amide bonds. The fraction of sp³-hybridized carbons (Fsp3) is 0.312. The first kappa shape index (κ1) is 23.1. The molecule has 0 unspecified atom stereocenters. The highest BCUT2D eigenvalue weighted by atomic mass is 16.2. The van der Waals surface area contributed by atoms with E-state index in [-0.39, 0.29) is 5.91 Å². The van der Waals surface area contributed by atoms with Gasteiger partial charge in [0.1, 0.15) is 0 Å². The second-order valence-electron chi connectivity index (χ2n) is 10.7. The van der Waals surface area contributed by atoms with Crippen molar-refractivity contribution in [3.8, 4) is 11.1 Å². The number of hydrogen-bond donors (Lipinski definition) is 1. The van der Waals surface area contributed by atoms with Crippen LogP contribution >= 0.6 is 0 Å². The minimum Gasteiger partial charge on any atom is -0.340 e. The molecule has 0 spiro atoms. The monoisotopic (exact) mass is 501 g/mol. The van der Waals surface area contributed by atoms with Gasteiger partial charge in [-0.2, -0.15) is 5.11 Å². The van der Waals surface area contributed by atoms with E-state index < -0.39 is 5.41 Å². The molecule has 1 N–H and O–H groups in total. The standard InChI is InChI=1S/C32H31N5O/c1-2-32(23-12-8-11-22(17-23)24-15-16-33-27-14-7-6-13-25(24)27)26-18-34-36-30(26)35-28-20-37(31(38)29(28)32)19-21-9-4-3-5-10-21/h3-5,8-12,15-17,35H,2,6-7,13-14,18-20H2,1H3/t32-/m1/s1. The van der Waals surface area contributed by atoms with E-state index in [9.17, 15) is 4.79 Å². The lowest BCUT2D eigenvalue weighted by Crippen LogP contribution is -2.41. The van der Waals surface area contributed by atoms with Crippen molar-refractivity contribution in [1.82, 2.24) is 15.2 Å². The number of fused-ring (bicyclic) bond motifs is 1. The number of nitrogens with zero attached hydrogens (tertiary/aromatic N) is 4. The van der Waals surface area contributed by atoms with Gasteiger partial charge in [0.2, 0.25) is 0 Å². The Kier molecular flexibility index (Phi) is 5.50. The van der Waals surface area contributed by atoms with Gasteiger partial charge in [0.15, 0.2) is 5.82 Å². The molecule has 190 valence electrons. The van der Waals surface area contributed by atoms with E-state index in [1.165, 1.54) is 35.2 Å². The first-order valence-electron chi connectivity index (χ1n) is 13.7. The molecule has 6 nitrogen and oxygen atoms in total. The van der Waals surface area contributed by atoms with E-state index in [1.54, 1.807) is 0 Å². The Labute approximate surface area is 223 Å². The number of amides is 1. The summed E-state index contributed by atoms with van der Waals surface area (Å²) in [6.45, 7) is 3.83. The fourth-order valence-electron chi connectivity index (χ4n) is 6.91. The van der Waals surface area contributed by atoms with E-state index in [0.717, 1.165) is 53.1 Å². The number of aryl methyl sites for hydroxylation is 1. The van der Waals surface area contributed by atoms with E-state index in [0.29, 0.717) is 19.6 Å². The van der Waals surface area contributed by atoms with Crippen molar-refractivity contribution in [2.24, 2.45) is 10.2 Å². The maximum Gasteiger partial charge on any atom is 0.253 e. The third-order valence-corrected chi connectivity index (χ3v) is 8.70. The third-order valence-electron chi connectivity index (χ3n) is 8.70. The zero-order valence-corrected chi connectivity index (χ0v) is 21.7. The molecule has 4 heterocycles. The predicted octanol–water partition coefficient (Wildman–Crippen LogP) is 5.85.